The van der Waals surface area contributed by atoms with Crippen LogP contribution in [0, 0.1) is 0 Å². The number of hydrogen-bond donors (Lipinski definition) is 1. The number of unbranched alkanes of at least 4 members (excludes halogenated alkanes) is 2. The second-order valence-electron chi connectivity index (χ2n) is 3.49. The molecule has 2 heteroatoms. The molecular formula is C12H17NO. The summed E-state index contributed by atoms with van der Waals surface area (Å²) in [6.07, 6.45) is 5.35. The first-order chi connectivity index (χ1) is 6.79. The average molecular weight is 191 g/mol. The maximum absolute atomic E-state index is 10.6. The quantitative estimate of drug-likeness (QED) is 0.442. The zero-order chi connectivity index (χ0) is 10.4. The van der Waals surface area contributed by atoms with E-state index >= 15 is 0 Å². The third-order valence-electron chi connectivity index (χ3n) is 2.41. The van der Waals surface area contributed by atoms with Crippen LogP contribution in [-0.4, -0.2) is 6.29 Å². The van der Waals surface area contributed by atoms with E-state index in [1.807, 2.05) is 12.1 Å². The van der Waals surface area contributed by atoms with Crippen LogP contribution in [0.1, 0.15) is 42.1 Å². The van der Waals surface area contributed by atoms with Gasteiger partial charge in [0.2, 0.25) is 0 Å². The lowest BCUT2D eigenvalue weighted by molar-refractivity contribution is 0.112. The Kier molecular flexibility index (Phi) is 4.17. The van der Waals surface area contributed by atoms with Gasteiger partial charge in [0, 0.05) is 11.3 Å². The van der Waals surface area contributed by atoms with E-state index in [1.165, 1.54) is 12.8 Å². The van der Waals surface area contributed by atoms with Crippen LogP contribution in [0.4, 0.5) is 5.69 Å². The van der Waals surface area contributed by atoms with Crippen molar-refractivity contribution in [2.45, 2.75) is 32.6 Å². The van der Waals surface area contributed by atoms with Gasteiger partial charge < -0.3 is 5.73 Å². The van der Waals surface area contributed by atoms with E-state index in [0.717, 1.165) is 24.7 Å². The van der Waals surface area contributed by atoms with Gasteiger partial charge in [-0.05, 0) is 24.5 Å². The lowest BCUT2D eigenvalue weighted by Crippen LogP contribution is -1.99. The number of hydrogen-bond acceptors (Lipinski definition) is 2. The molecule has 2 N–H and O–H groups in total. The van der Waals surface area contributed by atoms with Crippen LogP contribution in [-0.2, 0) is 6.42 Å². The van der Waals surface area contributed by atoms with Crippen molar-refractivity contribution >= 4 is 12.0 Å². The highest BCUT2D eigenvalue weighted by atomic mass is 16.1. The predicted octanol–water partition coefficient (Wildman–Crippen LogP) is 2.81. The Bertz CT molecular complexity index is 307. The highest BCUT2D eigenvalue weighted by Gasteiger charge is 2.02. The standard InChI is InChI=1S/C12H17NO/c1-2-3-4-6-10-7-5-8-11(9-14)12(10)13/h5,7-9H,2-4,6,13H2,1H3. The Morgan fingerprint density at radius 2 is 2.14 bits per heavy atom. The number of benzene rings is 1. The zero-order valence-electron chi connectivity index (χ0n) is 8.62. The molecule has 0 aromatic heterocycles. The molecule has 1 rings (SSSR count). The molecular weight excluding hydrogens is 174 g/mol. The minimum absolute atomic E-state index is 0.610. The van der Waals surface area contributed by atoms with Crippen molar-refractivity contribution in [1.82, 2.24) is 0 Å². The van der Waals surface area contributed by atoms with Crippen LogP contribution in [0.25, 0.3) is 0 Å². The van der Waals surface area contributed by atoms with Gasteiger partial charge in [0.25, 0.3) is 0 Å². The molecule has 0 radical (unpaired) electrons. The number of nitrogens with two attached hydrogens (primary N) is 1. The van der Waals surface area contributed by atoms with Crippen molar-refractivity contribution in [3.63, 3.8) is 0 Å². The van der Waals surface area contributed by atoms with Crippen LogP contribution in [0.3, 0.4) is 0 Å². The van der Waals surface area contributed by atoms with Gasteiger partial charge in [-0.15, -0.1) is 0 Å². The number of para-hydroxylation sites is 1. The number of nitrogen functional groups attached to an aromatic ring is 1. The second kappa shape index (κ2) is 5.43. The van der Waals surface area contributed by atoms with E-state index in [-0.39, 0.29) is 0 Å². The minimum atomic E-state index is 0.610. The van der Waals surface area contributed by atoms with Crippen LogP contribution in [0.2, 0.25) is 0 Å². The molecule has 0 saturated carbocycles. The molecule has 1 aromatic carbocycles. The molecule has 76 valence electrons. The maximum Gasteiger partial charge on any atom is 0.152 e. The van der Waals surface area contributed by atoms with Gasteiger partial charge in [0.15, 0.2) is 6.29 Å². The summed E-state index contributed by atoms with van der Waals surface area (Å²) in [6.45, 7) is 2.17. The Morgan fingerprint density at radius 1 is 1.36 bits per heavy atom. The monoisotopic (exact) mass is 191 g/mol. The normalized spacial score (nSPS) is 10.1. The van der Waals surface area contributed by atoms with Crippen molar-refractivity contribution in [3.05, 3.63) is 29.3 Å². The fourth-order valence-electron chi connectivity index (χ4n) is 1.52. The highest BCUT2D eigenvalue weighted by Crippen LogP contribution is 2.18. The van der Waals surface area contributed by atoms with Crippen LogP contribution < -0.4 is 5.73 Å². The van der Waals surface area contributed by atoms with Crippen LogP contribution in [0.5, 0.6) is 0 Å². The van der Waals surface area contributed by atoms with E-state index in [0.29, 0.717) is 11.3 Å². The lowest BCUT2D eigenvalue weighted by Gasteiger charge is -2.06. The Hall–Kier alpha value is -1.31. The number of rotatable bonds is 5. The van der Waals surface area contributed by atoms with Gasteiger partial charge in [0.05, 0.1) is 0 Å². The molecule has 0 amide bonds. The third kappa shape index (κ3) is 2.59. The minimum Gasteiger partial charge on any atom is -0.398 e. The SMILES string of the molecule is CCCCCc1cccc(C=O)c1N. The van der Waals surface area contributed by atoms with E-state index in [2.05, 4.69) is 6.92 Å². The summed E-state index contributed by atoms with van der Waals surface area (Å²) in [7, 11) is 0. The molecule has 0 spiro atoms. The number of aldehydes is 1. The number of aryl methyl sites for hydroxylation is 1. The molecule has 0 aliphatic rings. The summed E-state index contributed by atoms with van der Waals surface area (Å²) in [4.78, 5) is 10.6. The van der Waals surface area contributed by atoms with Gasteiger partial charge in [-0.25, -0.2) is 0 Å². The lowest BCUT2D eigenvalue weighted by atomic mass is 10.0. The third-order valence-corrected chi connectivity index (χ3v) is 2.41. The number of carbonyl (C=O) groups excluding carboxylic acids is 1. The molecule has 0 aliphatic heterocycles. The average Bonchev–Trinajstić information content (AvgIpc) is 2.21. The number of carbonyl (C=O) groups is 1. The smallest absolute Gasteiger partial charge is 0.152 e. The van der Waals surface area contributed by atoms with E-state index < -0.39 is 0 Å². The second-order valence-corrected chi connectivity index (χ2v) is 3.49. The molecule has 0 fully saturated rings. The largest absolute Gasteiger partial charge is 0.398 e. The van der Waals surface area contributed by atoms with Gasteiger partial charge in [0.1, 0.15) is 0 Å². The molecule has 0 bridgehead atoms. The van der Waals surface area contributed by atoms with Crippen LogP contribution >= 0.6 is 0 Å². The fraction of sp³-hybridized carbons (Fsp3) is 0.417. The van der Waals surface area contributed by atoms with Gasteiger partial charge >= 0.3 is 0 Å². The molecule has 0 unspecified atom stereocenters. The van der Waals surface area contributed by atoms with E-state index in [4.69, 9.17) is 5.73 Å². The van der Waals surface area contributed by atoms with Crippen molar-refractivity contribution in [2.24, 2.45) is 0 Å². The van der Waals surface area contributed by atoms with Crippen molar-refractivity contribution in [1.29, 1.82) is 0 Å². The molecule has 0 heterocycles. The summed E-state index contributed by atoms with van der Waals surface area (Å²) in [5.41, 5.74) is 8.21. The molecule has 14 heavy (non-hydrogen) atoms. The maximum atomic E-state index is 10.6. The first-order valence-corrected chi connectivity index (χ1v) is 5.12. The summed E-state index contributed by atoms with van der Waals surface area (Å²) in [5.74, 6) is 0. The summed E-state index contributed by atoms with van der Waals surface area (Å²) < 4.78 is 0. The van der Waals surface area contributed by atoms with E-state index in [1.54, 1.807) is 6.07 Å². The van der Waals surface area contributed by atoms with Gasteiger partial charge in [-0.2, -0.15) is 0 Å². The topological polar surface area (TPSA) is 43.1 Å². The summed E-state index contributed by atoms with van der Waals surface area (Å²) >= 11 is 0. The zero-order valence-corrected chi connectivity index (χ0v) is 8.62. The Morgan fingerprint density at radius 3 is 2.79 bits per heavy atom. The van der Waals surface area contributed by atoms with Gasteiger partial charge in [-0.1, -0.05) is 31.9 Å². The summed E-state index contributed by atoms with van der Waals surface area (Å²) in [6, 6.07) is 5.64. The predicted molar refractivity (Wildman–Crippen MR) is 59.5 cm³/mol. The van der Waals surface area contributed by atoms with Gasteiger partial charge in [-0.3, -0.25) is 4.79 Å². The molecule has 2 nitrogen and oxygen atoms in total. The van der Waals surface area contributed by atoms with Crippen molar-refractivity contribution in [2.75, 3.05) is 5.73 Å². The number of anilines is 1. The Labute approximate surface area is 85.1 Å². The molecule has 0 atom stereocenters. The molecule has 1 aromatic rings. The molecule has 0 saturated heterocycles. The highest BCUT2D eigenvalue weighted by molar-refractivity contribution is 5.84. The van der Waals surface area contributed by atoms with Crippen molar-refractivity contribution in [3.8, 4) is 0 Å². The Balaban J connectivity index is 2.71. The first-order valence-electron chi connectivity index (χ1n) is 5.12. The fourth-order valence-corrected chi connectivity index (χ4v) is 1.52. The van der Waals surface area contributed by atoms with Crippen LogP contribution in [0.15, 0.2) is 18.2 Å². The first kappa shape index (κ1) is 10.8. The molecule has 0 aliphatic carbocycles. The van der Waals surface area contributed by atoms with Crippen molar-refractivity contribution < 1.29 is 4.79 Å². The summed E-state index contributed by atoms with van der Waals surface area (Å²) in [5, 5.41) is 0. The van der Waals surface area contributed by atoms with E-state index in [9.17, 15) is 4.79 Å².